The highest BCUT2D eigenvalue weighted by Gasteiger charge is 2.20. The van der Waals surface area contributed by atoms with Crippen molar-refractivity contribution in [2.75, 3.05) is 20.2 Å². The first-order chi connectivity index (χ1) is 13.5. The van der Waals surface area contributed by atoms with Gasteiger partial charge in [-0.1, -0.05) is 50.1 Å². The first-order valence-corrected chi connectivity index (χ1v) is 9.04. The number of esters is 1. The average Bonchev–Trinajstić information content (AvgIpc) is 2.72. The predicted octanol–water partition coefficient (Wildman–Crippen LogP) is 0.877. The SMILES string of the molecule is CCCC[C@@H](NC(=O)CNC(=O)CNC(=O)OCc1ccccc1)C(=O)OC. The molecule has 0 radical (unpaired) electrons. The molecule has 0 bridgehead atoms. The lowest BCUT2D eigenvalue weighted by Crippen LogP contribution is -2.47. The van der Waals surface area contributed by atoms with Gasteiger partial charge in [-0.15, -0.1) is 0 Å². The van der Waals surface area contributed by atoms with E-state index in [0.29, 0.717) is 6.42 Å². The quantitative estimate of drug-likeness (QED) is 0.480. The Morgan fingerprint density at radius 2 is 1.68 bits per heavy atom. The Labute approximate surface area is 164 Å². The predicted molar refractivity (Wildman–Crippen MR) is 101 cm³/mol. The molecule has 3 N–H and O–H groups in total. The molecule has 3 amide bonds. The minimum Gasteiger partial charge on any atom is -0.467 e. The molecule has 0 saturated carbocycles. The van der Waals surface area contributed by atoms with Gasteiger partial charge in [-0.3, -0.25) is 9.59 Å². The van der Waals surface area contributed by atoms with Gasteiger partial charge in [0.2, 0.25) is 11.8 Å². The van der Waals surface area contributed by atoms with Crippen molar-refractivity contribution in [2.45, 2.75) is 38.8 Å². The van der Waals surface area contributed by atoms with Gasteiger partial charge in [0.1, 0.15) is 19.2 Å². The van der Waals surface area contributed by atoms with Gasteiger partial charge in [0, 0.05) is 0 Å². The third kappa shape index (κ3) is 9.56. The normalized spacial score (nSPS) is 11.1. The van der Waals surface area contributed by atoms with Crippen LogP contribution in [0, 0.1) is 0 Å². The van der Waals surface area contributed by atoms with Crippen molar-refractivity contribution in [3.8, 4) is 0 Å². The molecule has 0 saturated heterocycles. The van der Waals surface area contributed by atoms with E-state index in [1.54, 1.807) is 12.1 Å². The van der Waals surface area contributed by atoms with Crippen LogP contribution in [-0.2, 0) is 30.5 Å². The zero-order valence-corrected chi connectivity index (χ0v) is 16.2. The van der Waals surface area contributed by atoms with Crippen molar-refractivity contribution in [3.63, 3.8) is 0 Å². The Hall–Kier alpha value is -3.10. The van der Waals surface area contributed by atoms with Crippen molar-refractivity contribution in [1.82, 2.24) is 16.0 Å². The van der Waals surface area contributed by atoms with Crippen LogP contribution in [0.25, 0.3) is 0 Å². The van der Waals surface area contributed by atoms with E-state index in [2.05, 4.69) is 20.7 Å². The third-order valence-electron chi connectivity index (χ3n) is 3.72. The number of carbonyl (C=O) groups is 4. The van der Waals surface area contributed by atoms with Crippen molar-refractivity contribution in [3.05, 3.63) is 35.9 Å². The summed E-state index contributed by atoms with van der Waals surface area (Å²) in [6.07, 6.45) is 1.33. The first kappa shape index (κ1) is 22.9. The molecule has 1 rings (SSSR count). The van der Waals surface area contributed by atoms with Crippen LogP contribution in [0.4, 0.5) is 4.79 Å². The molecule has 0 fully saturated rings. The van der Waals surface area contributed by atoms with E-state index in [1.165, 1.54) is 7.11 Å². The zero-order chi connectivity index (χ0) is 20.8. The monoisotopic (exact) mass is 393 g/mol. The van der Waals surface area contributed by atoms with Gasteiger partial charge in [0.05, 0.1) is 13.7 Å². The van der Waals surface area contributed by atoms with Crippen LogP contribution in [-0.4, -0.2) is 50.1 Å². The number of ether oxygens (including phenoxy) is 2. The Morgan fingerprint density at radius 3 is 2.32 bits per heavy atom. The van der Waals surface area contributed by atoms with Gasteiger partial charge < -0.3 is 25.4 Å². The van der Waals surface area contributed by atoms with Gasteiger partial charge in [0.15, 0.2) is 0 Å². The Kier molecular flexibility index (Phi) is 10.8. The summed E-state index contributed by atoms with van der Waals surface area (Å²) < 4.78 is 9.63. The fourth-order valence-electron chi connectivity index (χ4n) is 2.21. The lowest BCUT2D eigenvalue weighted by molar-refractivity contribution is -0.145. The Bertz CT molecular complexity index is 650. The standard InChI is InChI=1S/C19H27N3O6/c1-3-4-10-15(18(25)27-2)22-17(24)12-20-16(23)11-21-19(26)28-13-14-8-6-5-7-9-14/h5-9,15H,3-4,10-13H2,1-2H3,(H,20,23)(H,21,26)(H,22,24)/t15-/m1/s1. The number of amides is 3. The van der Waals surface area contributed by atoms with Crippen molar-refractivity contribution in [1.29, 1.82) is 0 Å². The van der Waals surface area contributed by atoms with Gasteiger partial charge in [-0.25, -0.2) is 9.59 Å². The minimum absolute atomic E-state index is 0.0867. The Morgan fingerprint density at radius 1 is 1.00 bits per heavy atom. The van der Waals surface area contributed by atoms with Gasteiger partial charge in [-0.2, -0.15) is 0 Å². The lowest BCUT2D eigenvalue weighted by atomic mass is 10.1. The molecule has 0 unspecified atom stereocenters. The molecule has 28 heavy (non-hydrogen) atoms. The number of unbranched alkanes of at least 4 members (excludes halogenated alkanes) is 1. The van der Waals surface area contributed by atoms with Crippen molar-refractivity contribution < 1.29 is 28.7 Å². The van der Waals surface area contributed by atoms with Crippen LogP contribution < -0.4 is 16.0 Å². The lowest BCUT2D eigenvalue weighted by Gasteiger charge is -2.16. The number of nitrogens with one attached hydrogen (secondary N) is 3. The molecule has 0 aliphatic rings. The maximum atomic E-state index is 11.9. The molecule has 1 atom stereocenters. The number of hydrogen-bond donors (Lipinski definition) is 3. The number of methoxy groups -OCH3 is 1. The number of hydrogen-bond acceptors (Lipinski definition) is 6. The third-order valence-corrected chi connectivity index (χ3v) is 3.72. The molecule has 1 aromatic rings. The number of benzene rings is 1. The molecule has 0 aliphatic carbocycles. The summed E-state index contributed by atoms with van der Waals surface area (Å²) >= 11 is 0. The minimum atomic E-state index is -0.750. The molecule has 9 nitrogen and oxygen atoms in total. The second-order valence-corrected chi connectivity index (χ2v) is 5.98. The van der Waals surface area contributed by atoms with Crippen LogP contribution in [0.1, 0.15) is 31.7 Å². The van der Waals surface area contributed by atoms with Gasteiger partial charge in [0.25, 0.3) is 0 Å². The highest BCUT2D eigenvalue weighted by Crippen LogP contribution is 2.02. The number of rotatable bonds is 11. The molecule has 0 aliphatic heterocycles. The smallest absolute Gasteiger partial charge is 0.407 e. The summed E-state index contributed by atoms with van der Waals surface area (Å²) in [5.41, 5.74) is 0.821. The fourth-order valence-corrected chi connectivity index (χ4v) is 2.21. The molecule has 0 aromatic heterocycles. The topological polar surface area (TPSA) is 123 Å². The molecule has 9 heteroatoms. The molecule has 154 valence electrons. The fraction of sp³-hybridized carbons (Fsp3) is 0.474. The van der Waals surface area contributed by atoms with E-state index in [9.17, 15) is 19.2 Å². The second kappa shape index (κ2) is 13.1. The summed E-state index contributed by atoms with van der Waals surface area (Å²) in [7, 11) is 1.25. The Balaban J connectivity index is 2.26. The number of carbonyl (C=O) groups excluding carboxylic acids is 4. The van der Waals surface area contributed by atoms with E-state index < -0.39 is 29.9 Å². The van der Waals surface area contributed by atoms with Crippen LogP contribution in [0.3, 0.4) is 0 Å². The summed E-state index contributed by atoms with van der Waals surface area (Å²) in [5.74, 6) is -1.61. The van der Waals surface area contributed by atoms with E-state index in [0.717, 1.165) is 18.4 Å². The average molecular weight is 393 g/mol. The van der Waals surface area contributed by atoms with Crippen LogP contribution >= 0.6 is 0 Å². The number of alkyl carbamates (subject to hydrolysis) is 1. The summed E-state index contributed by atoms with van der Waals surface area (Å²) in [4.78, 5) is 46.8. The molecular weight excluding hydrogens is 366 g/mol. The van der Waals surface area contributed by atoms with Crippen LogP contribution in [0.15, 0.2) is 30.3 Å². The zero-order valence-electron chi connectivity index (χ0n) is 16.2. The highest BCUT2D eigenvalue weighted by molar-refractivity contribution is 5.89. The first-order valence-electron chi connectivity index (χ1n) is 9.04. The van der Waals surface area contributed by atoms with E-state index in [1.807, 2.05) is 25.1 Å². The van der Waals surface area contributed by atoms with Gasteiger partial charge >= 0.3 is 12.1 Å². The summed E-state index contributed by atoms with van der Waals surface area (Å²) in [6.45, 7) is 1.40. The maximum Gasteiger partial charge on any atom is 0.407 e. The highest BCUT2D eigenvalue weighted by atomic mass is 16.5. The molecule has 1 aromatic carbocycles. The van der Waals surface area contributed by atoms with Crippen molar-refractivity contribution in [2.24, 2.45) is 0 Å². The largest absolute Gasteiger partial charge is 0.467 e. The van der Waals surface area contributed by atoms with Crippen molar-refractivity contribution >= 4 is 23.9 Å². The van der Waals surface area contributed by atoms with Crippen LogP contribution in [0.2, 0.25) is 0 Å². The van der Waals surface area contributed by atoms with Gasteiger partial charge in [-0.05, 0) is 12.0 Å². The second-order valence-electron chi connectivity index (χ2n) is 5.98. The molecule has 0 spiro atoms. The molecule has 0 heterocycles. The summed E-state index contributed by atoms with van der Waals surface area (Å²) in [5, 5.41) is 7.17. The van der Waals surface area contributed by atoms with Crippen LogP contribution in [0.5, 0.6) is 0 Å². The summed E-state index contributed by atoms with van der Waals surface area (Å²) in [6, 6.07) is 8.35. The van der Waals surface area contributed by atoms with E-state index in [4.69, 9.17) is 4.74 Å². The molecular formula is C19H27N3O6. The van der Waals surface area contributed by atoms with E-state index in [-0.39, 0.29) is 19.7 Å². The maximum absolute atomic E-state index is 11.9. The van der Waals surface area contributed by atoms with E-state index >= 15 is 0 Å².